The van der Waals surface area contributed by atoms with Crippen LogP contribution in [0.25, 0.3) is 22.3 Å². The summed E-state index contributed by atoms with van der Waals surface area (Å²) in [6, 6.07) is 6.66. The fraction of sp³-hybridized carbons (Fsp3) is 0.250. The van der Waals surface area contributed by atoms with Gasteiger partial charge in [-0.15, -0.1) is 0 Å². The van der Waals surface area contributed by atoms with Gasteiger partial charge in [0, 0.05) is 24.1 Å². The van der Waals surface area contributed by atoms with Gasteiger partial charge in [-0.2, -0.15) is 8.42 Å². The minimum absolute atomic E-state index is 0.0378. The van der Waals surface area contributed by atoms with Crippen LogP contribution in [0.2, 0.25) is 0 Å². The van der Waals surface area contributed by atoms with Crippen LogP contribution in [0, 0.1) is 0 Å². The highest BCUT2D eigenvalue weighted by molar-refractivity contribution is 7.80. The van der Waals surface area contributed by atoms with E-state index in [4.69, 9.17) is 17.9 Å². The smallest absolute Gasteiger partial charge is 0.397 e. The van der Waals surface area contributed by atoms with E-state index in [0.717, 1.165) is 12.1 Å². The molecule has 1 atom stereocenters. The van der Waals surface area contributed by atoms with E-state index in [1.54, 1.807) is 19.9 Å². The zero-order valence-corrected chi connectivity index (χ0v) is 17.1. The zero-order valence-electron chi connectivity index (χ0n) is 16.3. The molecular weight excluding hydrogens is 432 g/mol. The number of phenols is 2. The van der Waals surface area contributed by atoms with E-state index >= 15 is 0 Å². The SMILES string of the molecule is CC1(C)Oc2ccc(-c3oc4cc(O)cc(O)c4c(=O)c3O)cc2CC1OS(=O)(=O)O. The molecule has 0 saturated heterocycles. The molecule has 0 aliphatic carbocycles. The highest BCUT2D eigenvalue weighted by Gasteiger charge is 2.40. The second-order valence-electron chi connectivity index (χ2n) is 7.69. The Morgan fingerprint density at radius 1 is 1.13 bits per heavy atom. The highest BCUT2D eigenvalue weighted by Crippen LogP contribution is 2.40. The van der Waals surface area contributed by atoms with E-state index in [9.17, 15) is 28.5 Å². The Labute approximate surface area is 175 Å². The number of hydrogen-bond acceptors (Lipinski definition) is 9. The summed E-state index contributed by atoms with van der Waals surface area (Å²) in [7, 11) is -4.73. The molecule has 3 aromatic rings. The lowest BCUT2D eigenvalue weighted by atomic mass is 9.90. The first-order chi connectivity index (χ1) is 14.4. The van der Waals surface area contributed by atoms with Crippen LogP contribution in [0.4, 0.5) is 0 Å². The van der Waals surface area contributed by atoms with E-state index in [2.05, 4.69) is 0 Å². The molecule has 0 radical (unpaired) electrons. The molecule has 2 aromatic carbocycles. The lowest BCUT2D eigenvalue weighted by Gasteiger charge is -2.38. The molecule has 0 bridgehead atoms. The molecule has 10 nitrogen and oxygen atoms in total. The van der Waals surface area contributed by atoms with E-state index in [1.807, 2.05) is 0 Å². The Bertz CT molecular complexity index is 1370. The predicted octanol–water partition coefficient (Wildman–Crippen LogP) is 2.48. The van der Waals surface area contributed by atoms with Gasteiger partial charge in [0.05, 0.1) is 0 Å². The molecule has 2 heterocycles. The van der Waals surface area contributed by atoms with Gasteiger partial charge in [0.15, 0.2) is 5.76 Å². The van der Waals surface area contributed by atoms with Gasteiger partial charge in [-0.1, -0.05) is 0 Å². The first kappa shape index (κ1) is 21.0. The molecule has 0 amide bonds. The summed E-state index contributed by atoms with van der Waals surface area (Å²) in [5, 5.41) is 29.7. The number of phenolic OH excluding ortho intramolecular Hbond substituents is 2. The molecule has 1 aliphatic rings. The lowest BCUT2D eigenvalue weighted by molar-refractivity contribution is -0.0284. The first-order valence-electron chi connectivity index (χ1n) is 9.05. The predicted molar refractivity (Wildman–Crippen MR) is 108 cm³/mol. The maximum atomic E-state index is 12.5. The maximum absolute atomic E-state index is 12.5. The number of benzene rings is 2. The van der Waals surface area contributed by atoms with E-state index in [1.165, 1.54) is 12.1 Å². The molecule has 164 valence electrons. The lowest BCUT2D eigenvalue weighted by Crippen LogP contribution is -2.48. The Morgan fingerprint density at radius 3 is 2.52 bits per heavy atom. The van der Waals surface area contributed by atoms with Crippen molar-refractivity contribution < 1.29 is 41.6 Å². The van der Waals surface area contributed by atoms with Crippen LogP contribution in [0.3, 0.4) is 0 Å². The molecule has 11 heteroatoms. The van der Waals surface area contributed by atoms with Crippen molar-refractivity contribution in [2.24, 2.45) is 0 Å². The third-order valence-corrected chi connectivity index (χ3v) is 5.53. The Balaban J connectivity index is 1.84. The van der Waals surface area contributed by atoms with Crippen molar-refractivity contribution in [1.82, 2.24) is 0 Å². The monoisotopic (exact) mass is 450 g/mol. The standard InChI is InChI=1S/C20H18O10S/c1-20(2)15(30-31(25,26)27)6-10-5-9(3-4-13(10)29-20)19-18(24)17(23)16-12(22)7-11(21)8-14(16)28-19/h3-5,7-8,15,21-22,24H,6H2,1-2H3,(H,25,26,27). The van der Waals surface area contributed by atoms with Gasteiger partial charge >= 0.3 is 10.4 Å². The van der Waals surface area contributed by atoms with Crippen LogP contribution in [0.15, 0.2) is 39.5 Å². The highest BCUT2D eigenvalue weighted by atomic mass is 32.3. The average molecular weight is 450 g/mol. The van der Waals surface area contributed by atoms with Crippen LogP contribution in [0.1, 0.15) is 19.4 Å². The molecule has 0 fully saturated rings. The molecule has 31 heavy (non-hydrogen) atoms. The first-order valence-corrected chi connectivity index (χ1v) is 10.4. The quantitative estimate of drug-likeness (QED) is 0.436. The summed E-state index contributed by atoms with van der Waals surface area (Å²) >= 11 is 0. The fourth-order valence-electron chi connectivity index (χ4n) is 3.54. The molecule has 4 rings (SSSR count). The van der Waals surface area contributed by atoms with Crippen molar-refractivity contribution >= 4 is 21.4 Å². The van der Waals surface area contributed by atoms with Crippen LogP contribution < -0.4 is 10.2 Å². The summed E-state index contributed by atoms with van der Waals surface area (Å²) < 4.78 is 47.6. The van der Waals surface area contributed by atoms with Gasteiger partial charge in [0.1, 0.15) is 39.9 Å². The minimum atomic E-state index is -4.73. The third kappa shape index (κ3) is 3.78. The second kappa shape index (κ2) is 6.87. The minimum Gasteiger partial charge on any atom is -0.508 e. The third-order valence-electron chi connectivity index (χ3n) is 5.05. The van der Waals surface area contributed by atoms with Gasteiger partial charge in [-0.25, -0.2) is 4.18 Å². The molecule has 0 saturated carbocycles. The number of fused-ring (bicyclic) bond motifs is 2. The topological polar surface area (TPSA) is 164 Å². The van der Waals surface area contributed by atoms with Crippen molar-refractivity contribution in [3.63, 3.8) is 0 Å². The summed E-state index contributed by atoms with van der Waals surface area (Å²) in [5.74, 6) is -1.44. The normalized spacial score (nSPS) is 17.8. The van der Waals surface area contributed by atoms with Gasteiger partial charge in [0.2, 0.25) is 11.2 Å². The van der Waals surface area contributed by atoms with Crippen molar-refractivity contribution in [3.8, 4) is 34.3 Å². The van der Waals surface area contributed by atoms with Gasteiger partial charge in [-0.3, -0.25) is 9.35 Å². The van der Waals surface area contributed by atoms with Gasteiger partial charge in [-0.05, 0) is 37.6 Å². The number of aromatic hydroxyl groups is 3. The van der Waals surface area contributed by atoms with Crippen molar-refractivity contribution in [2.75, 3.05) is 0 Å². The summed E-state index contributed by atoms with van der Waals surface area (Å²) in [6.45, 7) is 3.21. The average Bonchev–Trinajstić information content (AvgIpc) is 2.63. The van der Waals surface area contributed by atoms with Crippen LogP contribution >= 0.6 is 0 Å². The van der Waals surface area contributed by atoms with Crippen LogP contribution in [0.5, 0.6) is 23.0 Å². The Hall–Kier alpha value is -3.28. The summed E-state index contributed by atoms with van der Waals surface area (Å²) in [4.78, 5) is 12.5. The van der Waals surface area contributed by atoms with E-state index in [-0.39, 0.29) is 34.5 Å². The Morgan fingerprint density at radius 2 is 1.84 bits per heavy atom. The van der Waals surface area contributed by atoms with Crippen molar-refractivity contribution in [1.29, 1.82) is 0 Å². The van der Waals surface area contributed by atoms with E-state index in [0.29, 0.717) is 11.3 Å². The largest absolute Gasteiger partial charge is 0.508 e. The van der Waals surface area contributed by atoms with Crippen molar-refractivity contribution in [2.45, 2.75) is 32.0 Å². The van der Waals surface area contributed by atoms with Gasteiger partial charge in [0.25, 0.3) is 0 Å². The molecule has 4 N–H and O–H groups in total. The van der Waals surface area contributed by atoms with E-state index < -0.39 is 39.0 Å². The van der Waals surface area contributed by atoms with Crippen LogP contribution in [-0.2, 0) is 21.0 Å². The number of hydrogen-bond donors (Lipinski definition) is 4. The Kier molecular flexibility index (Phi) is 4.65. The number of ether oxygens (including phenoxy) is 1. The molecule has 1 aromatic heterocycles. The molecule has 0 spiro atoms. The van der Waals surface area contributed by atoms with Crippen LogP contribution in [-0.4, -0.2) is 40.0 Å². The van der Waals surface area contributed by atoms with Crippen molar-refractivity contribution in [3.05, 3.63) is 46.1 Å². The summed E-state index contributed by atoms with van der Waals surface area (Å²) in [6.07, 6.45) is -1.01. The second-order valence-corrected chi connectivity index (χ2v) is 8.74. The molecular formula is C20H18O10S. The molecule has 1 unspecified atom stereocenters. The maximum Gasteiger partial charge on any atom is 0.397 e. The fourth-order valence-corrected chi connectivity index (χ4v) is 4.14. The zero-order chi connectivity index (χ0) is 22.7. The van der Waals surface area contributed by atoms with Gasteiger partial charge < -0.3 is 24.5 Å². The number of rotatable bonds is 3. The molecule has 1 aliphatic heterocycles. The summed E-state index contributed by atoms with van der Waals surface area (Å²) in [5.41, 5.74) is -1.37.